The Hall–Kier alpha value is -2.01. The van der Waals surface area contributed by atoms with E-state index in [1.165, 1.54) is 5.56 Å². The maximum absolute atomic E-state index is 5.13. The predicted octanol–water partition coefficient (Wildman–Crippen LogP) is 1.96. The van der Waals surface area contributed by atoms with Crippen LogP contribution in [-0.4, -0.2) is 15.1 Å². The molecule has 0 aliphatic heterocycles. The van der Waals surface area contributed by atoms with Crippen LogP contribution in [0.25, 0.3) is 0 Å². The van der Waals surface area contributed by atoms with Crippen LogP contribution < -0.4 is 10.6 Å². The summed E-state index contributed by atoms with van der Waals surface area (Å²) in [4.78, 5) is 8.05. The number of rotatable bonds is 3. The maximum atomic E-state index is 5.13. The lowest BCUT2D eigenvalue weighted by Crippen LogP contribution is -2.28. The van der Waals surface area contributed by atoms with E-state index in [9.17, 15) is 0 Å². The van der Waals surface area contributed by atoms with Gasteiger partial charge in [-0.3, -0.25) is 0 Å². The molecule has 2 aromatic rings. The van der Waals surface area contributed by atoms with Crippen molar-refractivity contribution in [2.24, 2.45) is 0 Å². The van der Waals surface area contributed by atoms with Crippen LogP contribution in [0.1, 0.15) is 5.56 Å². The van der Waals surface area contributed by atoms with Crippen molar-refractivity contribution in [1.29, 1.82) is 0 Å². The SMILES string of the molecule is S=C(NCc1ccccc1)Nc1ncccn1. The summed E-state index contributed by atoms with van der Waals surface area (Å²) in [6.45, 7) is 0.680. The molecule has 2 N–H and O–H groups in total. The molecule has 0 unspecified atom stereocenters. The fourth-order valence-electron chi connectivity index (χ4n) is 1.29. The van der Waals surface area contributed by atoms with E-state index in [0.29, 0.717) is 17.6 Å². The molecule has 17 heavy (non-hydrogen) atoms. The highest BCUT2D eigenvalue weighted by atomic mass is 32.1. The summed E-state index contributed by atoms with van der Waals surface area (Å²) in [6.07, 6.45) is 3.32. The van der Waals surface area contributed by atoms with Crippen LogP contribution in [0.4, 0.5) is 5.95 Å². The Labute approximate surface area is 105 Å². The Morgan fingerprint density at radius 2 is 1.76 bits per heavy atom. The number of nitrogens with one attached hydrogen (secondary N) is 2. The predicted molar refractivity (Wildman–Crippen MR) is 71.5 cm³/mol. The number of benzene rings is 1. The molecule has 0 bridgehead atoms. The van der Waals surface area contributed by atoms with Crippen molar-refractivity contribution in [2.75, 3.05) is 5.32 Å². The lowest BCUT2D eigenvalue weighted by molar-refractivity contribution is 0.923. The molecular weight excluding hydrogens is 232 g/mol. The second-order valence-electron chi connectivity index (χ2n) is 3.37. The number of anilines is 1. The molecule has 1 heterocycles. The van der Waals surface area contributed by atoms with Gasteiger partial charge in [0.05, 0.1) is 0 Å². The summed E-state index contributed by atoms with van der Waals surface area (Å²) in [7, 11) is 0. The number of nitrogens with zero attached hydrogens (tertiary/aromatic N) is 2. The summed E-state index contributed by atoms with van der Waals surface area (Å²) in [5.41, 5.74) is 1.17. The second-order valence-corrected chi connectivity index (χ2v) is 3.77. The molecule has 5 heteroatoms. The highest BCUT2D eigenvalue weighted by molar-refractivity contribution is 7.80. The van der Waals surface area contributed by atoms with Gasteiger partial charge in [-0.2, -0.15) is 0 Å². The lowest BCUT2D eigenvalue weighted by Gasteiger charge is -2.08. The molecular formula is C12H12N4S. The van der Waals surface area contributed by atoms with Crippen molar-refractivity contribution in [2.45, 2.75) is 6.54 Å². The first-order valence-corrected chi connectivity index (χ1v) is 5.61. The van der Waals surface area contributed by atoms with Crippen LogP contribution in [-0.2, 0) is 6.54 Å². The number of aromatic nitrogens is 2. The zero-order chi connectivity index (χ0) is 11.9. The van der Waals surface area contributed by atoms with E-state index in [1.807, 2.05) is 30.3 Å². The van der Waals surface area contributed by atoms with Crippen molar-refractivity contribution in [3.05, 3.63) is 54.4 Å². The summed E-state index contributed by atoms with van der Waals surface area (Å²) in [5.74, 6) is 0.498. The van der Waals surface area contributed by atoms with Crippen molar-refractivity contribution in [3.8, 4) is 0 Å². The molecule has 1 aromatic carbocycles. The van der Waals surface area contributed by atoms with Gasteiger partial charge in [-0.15, -0.1) is 0 Å². The third-order valence-electron chi connectivity index (χ3n) is 2.09. The summed E-state index contributed by atoms with van der Waals surface area (Å²) in [6, 6.07) is 11.8. The zero-order valence-electron chi connectivity index (χ0n) is 9.13. The van der Waals surface area contributed by atoms with E-state index < -0.39 is 0 Å². The van der Waals surface area contributed by atoms with E-state index >= 15 is 0 Å². The van der Waals surface area contributed by atoms with Crippen LogP contribution >= 0.6 is 12.2 Å². The van der Waals surface area contributed by atoms with Crippen molar-refractivity contribution in [1.82, 2.24) is 15.3 Å². The van der Waals surface area contributed by atoms with Gasteiger partial charge in [-0.25, -0.2) is 9.97 Å². The Morgan fingerprint density at radius 3 is 2.47 bits per heavy atom. The molecule has 0 aliphatic carbocycles. The summed E-state index contributed by atoms with van der Waals surface area (Å²) >= 11 is 5.13. The van der Waals surface area contributed by atoms with Gasteiger partial charge < -0.3 is 10.6 Å². The quantitative estimate of drug-likeness (QED) is 0.808. The third kappa shape index (κ3) is 3.81. The minimum Gasteiger partial charge on any atom is -0.358 e. The Bertz CT molecular complexity index is 472. The maximum Gasteiger partial charge on any atom is 0.228 e. The van der Waals surface area contributed by atoms with Crippen molar-refractivity contribution < 1.29 is 0 Å². The van der Waals surface area contributed by atoms with Crippen LogP contribution in [0.15, 0.2) is 48.8 Å². The molecule has 0 saturated heterocycles. The number of thiocarbonyl (C=S) groups is 1. The molecule has 86 valence electrons. The first-order valence-electron chi connectivity index (χ1n) is 5.20. The molecule has 1 aromatic heterocycles. The fraction of sp³-hybridized carbons (Fsp3) is 0.0833. The van der Waals surface area contributed by atoms with E-state index in [4.69, 9.17) is 12.2 Å². The average Bonchev–Trinajstić information content (AvgIpc) is 2.39. The van der Waals surface area contributed by atoms with Gasteiger partial charge in [-0.1, -0.05) is 30.3 Å². The first kappa shape index (κ1) is 11.5. The largest absolute Gasteiger partial charge is 0.358 e. The zero-order valence-corrected chi connectivity index (χ0v) is 9.95. The van der Waals surface area contributed by atoms with Gasteiger partial charge in [0.25, 0.3) is 0 Å². The lowest BCUT2D eigenvalue weighted by atomic mass is 10.2. The van der Waals surface area contributed by atoms with Gasteiger partial charge in [0, 0.05) is 18.9 Å². The Balaban J connectivity index is 1.83. The molecule has 0 fully saturated rings. The monoisotopic (exact) mass is 244 g/mol. The smallest absolute Gasteiger partial charge is 0.228 e. The molecule has 0 saturated carbocycles. The molecule has 0 amide bonds. The number of hydrogen-bond acceptors (Lipinski definition) is 3. The fourth-order valence-corrected chi connectivity index (χ4v) is 1.45. The van der Waals surface area contributed by atoms with Gasteiger partial charge in [0.1, 0.15) is 0 Å². The van der Waals surface area contributed by atoms with Crippen LogP contribution in [0.5, 0.6) is 0 Å². The van der Waals surface area contributed by atoms with Gasteiger partial charge in [0.15, 0.2) is 5.11 Å². The van der Waals surface area contributed by atoms with E-state index in [-0.39, 0.29) is 0 Å². The normalized spacial score (nSPS) is 9.65. The van der Waals surface area contributed by atoms with E-state index in [0.717, 1.165) is 0 Å². The minimum atomic E-state index is 0.498. The number of hydrogen-bond donors (Lipinski definition) is 2. The van der Waals surface area contributed by atoms with E-state index in [2.05, 4.69) is 20.6 Å². The van der Waals surface area contributed by atoms with E-state index in [1.54, 1.807) is 18.5 Å². The van der Waals surface area contributed by atoms with Gasteiger partial charge in [0.2, 0.25) is 5.95 Å². The van der Waals surface area contributed by atoms with Crippen molar-refractivity contribution >= 4 is 23.3 Å². The summed E-state index contributed by atoms with van der Waals surface area (Å²) in [5, 5.41) is 6.51. The second kappa shape index (κ2) is 5.91. The molecule has 2 rings (SSSR count). The van der Waals surface area contributed by atoms with Gasteiger partial charge in [-0.05, 0) is 23.8 Å². The standard InChI is InChI=1S/C12H12N4S/c17-12(16-11-13-7-4-8-14-11)15-9-10-5-2-1-3-6-10/h1-8H,9H2,(H2,13,14,15,16,17). The van der Waals surface area contributed by atoms with Crippen LogP contribution in [0, 0.1) is 0 Å². The molecule has 0 spiro atoms. The molecule has 0 radical (unpaired) electrons. The molecule has 0 atom stereocenters. The first-order chi connectivity index (χ1) is 8.34. The van der Waals surface area contributed by atoms with Crippen LogP contribution in [0.2, 0.25) is 0 Å². The topological polar surface area (TPSA) is 49.8 Å². The van der Waals surface area contributed by atoms with Gasteiger partial charge >= 0.3 is 0 Å². The average molecular weight is 244 g/mol. The molecule has 0 aliphatic rings. The Morgan fingerprint density at radius 1 is 1.06 bits per heavy atom. The van der Waals surface area contributed by atoms with Crippen LogP contribution in [0.3, 0.4) is 0 Å². The highest BCUT2D eigenvalue weighted by Crippen LogP contribution is 1.98. The minimum absolute atomic E-state index is 0.498. The Kier molecular flexibility index (Phi) is 3.99. The molecule has 4 nitrogen and oxygen atoms in total. The van der Waals surface area contributed by atoms with Crippen molar-refractivity contribution in [3.63, 3.8) is 0 Å². The summed E-state index contributed by atoms with van der Waals surface area (Å²) < 4.78 is 0. The highest BCUT2D eigenvalue weighted by Gasteiger charge is 1.98. The third-order valence-corrected chi connectivity index (χ3v) is 2.33.